The van der Waals surface area contributed by atoms with E-state index in [0.717, 1.165) is 37.8 Å². The first-order valence-electron chi connectivity index (χ1n) is 10.6. The fourth-order valence-electron chi connectivity index (χ4n) is 3.48. The van der Waals surface area contributed by atoms with E-state index < -0.39 is 17.7 Å². The number of anilines is 3. The van der Waals surface area contributed by atoms with Crippen molar-refractivity contribution in [1.29, 1.82) is 0 Å². The molecule has 2 aliphatic rings. The third-order valence-corrected chi connectivity index (χ3v) is 5.29. The maximum Gasteiger partial charge on any atom is 0.254 e. The number of carbonyl (C=O) groups excluding carboxylic acids is 1. The normalized spacial score (nSPS) is 14.8. The van der Waals surface area contributed by atoms with Gasteiger partial charge in [0.05, 0.1) is 11.3 Å². The van der Waals surface area contributed by atoms with Crippen LogP contribution < -0.4 is 16.0 Å². The zero-order valence-electron chi connectivity index (χ0n) is 17.7. The van der Waals surface area contributed by atoms with E-state index in [0.29, 0.717) is 23.5 Å². The largest absolute Gasteiger partial charge is 0.370 e. The summed E-state index contributed by atoms with van der Waals surface area (Å²) in [5.74, 6) is -0.928. The number of halogens is 2. The number of aromatic nitrogens is 3. The Hall–Kier alpha value is -3.62. The van der Waals surface area contributed by atoms with Crippen LogP contribution in [0.3, 0.4) is 0 Å². The number of carbonyl (C=O) groups is 1. The van der Waals surface area contributed by atoms with E-state index in [4.69, 9.17) is 0 Å². The van der Waals surface area contributed by atoms with Gasteiger partial charge in [0.2, 0.25) is 11.9 Å². The summed E-state index contributed by atoms with van der Waals surface area (Å²) in [4.78, 5) is 24.8. The van der Waals surface area contributed by atoms with Crippen molar-refractivity contribution in [3.63, 3.8) is 0 Å². The van der Waals surface area contributed by atoms with Crippen LogP contribution in [-0.2, 0) is 0 Å². The van der Waals surface area contributed by atoms with Gasteiger partial charge in [-0.3, -0.25) is 4.79 Å². The number of nitrogens with zero attached hydrogens (tertiary/aromatic N) is 3. The van der Waals surface area contributed by atoms with E-state index in [1.54, 1.807) is 12.3 Å². The number of amides is 1. The Labute approximate surface area is 184 Å². The number of nitrogens with one attached hydrogen (secondary N) is 3. The maximum atomic E-state index is 14.6. The van der Waals surface area contributed by atoms with Gasteiger partial charge in [0.25, 0.3) is 5.91 Å². The van der Waals surface area contributed by atoms with Gasteiger partial charge in [-0.05, 0) is 43.5 Å². The monoisotopic (exact) mass is 438 g/mol. The lowest BCUT2D eigenvalue weighted by Crippen LogP contribution is -2.25. The molecule has 0 fully saturated rings. The second-order valence-corrected chi connectivity index (χ2v) is 7.70. The molecule has 0 radical (unpaired) electrons. The van der Waals surface area contributed by atoms with Crippen LogP contribution in [0.5, 0.6) is 0 Å². The molecule has 0 saturated heterocycles. The lowest BCUT2D eigenvalue weighted by Gasteiger charge is -2.13. The fraction of sp³-hybridized carbons (Fsp3) is 0.304. The van der Waals surface area contributed by atoms with E-state index in [-0.39, 0.29) is 17.2 Å². The molecule has 0 atom stereocenters. The molecule has 4 heterocycles. The standard InChI is InChI=1S/C23H24F2N6O/c1-14-12-29-23-30-19-11-16(13-28-20(19)25)15-6-7-17(18(24)10-15)22(32)27-9-5-3-2-4-8-26-21(14)31-23/h6-7,10-13H,2-5,8-9H2,1H3,(H,27,32)(H2,26,29,30,31). The van der Waals surface area contributed by atoms with Crippen molar-refractivity contribution in [2.24, 2.45) is 0 Å². The molecule has 1 amide bonds. The third-order valence-electron chi connectivity index (χ3n) is 5.29. The Morgan fingerprint density at radius 3 is 2.47 bits per heavy atom. The van der Waals surface area contributed by atoms with Crippen molar-refractivity contribution in [3.05, 3.63) is 59.6 Å². The molecular weight excluding hydrogens is 414 g/mol. The number of hydrogen-bond acceptors (Lipinski definition) is 6. The molecule has 0 aliphatic carbocycles. The molecule has 0 saturated carbocycles. The molecule has 9 heteroatoms. The number of fused-ring (bicyclic) bond motifs is 10. The average molecular weight is 438 g/mol. The highest BCUT2D eigenvalue weighted by Crippen LogP contribution is 2.27. The minimum atomic E-state index is -0.731. The number of aryl methyl sites for hydroxylation is 1. The Morgan fingerprint density at radius 2 is 1.69 bits per heavy atom. The maximum absolute atomic E-state index is 14.6. The first-order valence-corrected chi connectivity index (χ1v) is 10.6. The fourth-order valence-corrected chi connectivity index (χ4v) is 3.48. The highest BCUT2D eigenvalue weighted by molar-refractivity contribution is 5.95. The van der Waals surface area contributed by atoms with E-state index in [1.165, 1.54) is 24.4 Å². The van der Waals surface area contributed by atoms with Gasteiger partial charge in [0, 0.05) is 36.6 Å². The molecule has 3 aromatic rings. The summed E-state index contributed by atoms with van der Waals surface area (Å²) < 4.78 is 29.0. The van der Waals surface area contributed by atoms with Crippen molar-refractivity contribution >= 4 is 23.4 Å². The molecule has 2 aliphatic heterocycles. The molecule has 6 bridgehead atoms. The second kappa shape index (κ2) is 9.67. The van der Waals surface area contributed by atoms with Crippen molar-refractivity contribution < 1.29 is 13.6 Å². The Bertz CT molecular complexity index is 1140. The summed E-state index contributed by atoms with van der Waals surface area (Å²) in [6, 6.07) is 5.79. The van der Waals surface area contributed by atoms with Gasteiger partial charge in [-0.1, -0.05) is 18.9 Å². The number of pyridine rings is 1. The van der Waals surface area contributed by atoms with Gasteiger partial charge in [-0.2, -0.15) is 9.37 Å². The highest BCUT2D eigenvalue weighted by Gasteiger charge is 2.15. The predicted molar refractivity (Wildman–Crippen MR) is 119 cm³/mol. The summed E-state index contributed by atoms with van der Waals surface area (Å²) in [5, 5.41) is 8.91. The zero-order valence-corrected chi connectivity index (χ0v) is 17.7. The molecule has 0 spiro atoms. The van der Waals surface area contributed by atoms with Gasteiger partial charge < -0.3 is 16.0 Å². The lowest BCUT2D eigenvalue weighted by atomic mass is 10.0. The topological polar surface area (TPSA) is 91.8 Å². The zero-order chi connectivity index (χ0) is 22.5. The van der Waals surface area contributed by atoms with Gasteiger partial charge in [0.1, 0.15) is 11.6 Å². The number of hydrogen-bond donors (Lipinski definition) is 3. The van der Waals surface area contributed by atoms with Crippen LogP contribution in [0.1, 0.15) is 41.6 Å². The van der Waals surface area contributed by atoms with Gasteiger partial charge >= 0.3 is 0 Å². The van der Waals surface area contributed by atoms with Crippen LogP contribution in [0.4, 0.5) is 26.2 Å². The first kappa shape index (κ1) is 21.6. The molecule has 7 nitrogen and oxygen atoms in total. The second-order valence-electron chi connectivity index (χ2n) is 7.70. The quantitative estimate of drug-likeness (QED) is 0.445. The minimum Gasteiger partial charge on any atom is -0.370 e. The molecule has 166 valence electrons. The number of benzene rings is 1. The summed E-state index contributed by atoms with van der Waals surface area (Å²) in [7, 11) is 0. The van der Waals surface area contributed by atoms with Crippen LogP contribution in [0, 0.1) is 18.7 Å². The molecule has 3 N–H and O–H groups in total. The van der Waals surface area contributed by atoms with Gasteiger partial charge in [0.15, 0.2) is 0 Å². The van der Waals surface area contributed by atoms with Gasteiger partial charge in [-0.15, -0.1) is 0 Å². The number of rotatable bonds is 0. The van der Waals surface area contributed by atoms with E-state index >= 15 is 0 Å². The summed E-state index contributed by atoms with van der Waals surface area (Å²) >= 11 is 0. The van der Waals surface area contributed by atoms with Crippen LogP contribution in [0.2, 0.25) is 0 Å². The van der Waals surface area contributed by atoms with Crippen molar-refractivity contribution in [3.8, 4) is 11.1 Å². The molecule has 32 heavy (non-hydrogen) atoms. The smallest absolute Gasteiger partial charge is 0.254 e. The summed E-state index contributed by atoms with van der Waals surface area (Å²) in [6.45, 7) is 3.11. The summed E-state index contributed by atoms with van der Waals surface area (Å²) in [6.07, 6.45) is 6.64. The third kappa shape index (κ3) is 4.99. The highest BCUT2D eigenvalue weighted by atomic mass is 19.1. The molecule has 0 unspecified atom stereocenters. The molecule has 2 aromatic heterocycles. The van der Waals surface area contributed by atoms with Crippen LogP contribution in [0.15, 0.2) is 36.7 Å². The van der Waals surface area contributed by atoms with Gasteiger partial charge in [-0.25, -0.2) is 14.4 Å². The SMILES string of the molecule is Cc1cnc2nc1NCCCCCCNC(=O)c1ccc(cc1F)-c1cnc(F)c(c1)N2. The van der Waals surface area contributed by atoms with E-state index in [9.17, 15) is 13.6 Å². The Kier molecular flexibility index (Phi) is 6.53. The Morgan fingerprint density at radius 1 is 0.906 bits per heavy atom. The first-order chi connectivity index (χ1) is 15.5. The summed E-state index contributed by atoms with van der Waals surface area (Å²) in [5.41, 5.74) is 1.87. The van der Waals surface area contributed by atoms with Crippen molar-refractivity contribution in [2.75, 3.05) is 23.7 Å². The molecular formula is C23H24F2N6O. The van der Waals surface area contributed by atoms with E-state index in [1.807, 2.05) is 6.92 Å². The van der Waals surface area contributed by atoms with Crippen LogP contribution in [-0.4, -0.2) is 33.9 Å². The van der Waals surface area contributed by atoms with E-state index in [2.05, 4.69) is 30.9 Å². The predicted octanol–water partition coefficient (Wildman–Crippen LogP) is 4.58. The molecule has 1 aromatic carbocycles. The Balaban J connectivity index is 1.69. The van der Waals surface area contributed by atoms with Crippen molar-refractivity contribution in [2.45, 2.75) is 32.6 Å². The van der Waals surface area contributed by atoms with Crippen LogP contribution in [0.25, 0.3) is 11.1 Å². The molecule has 5 rings (SSSR count). The lowest BCUT2D eigenvalue weighted by molar-refractivity contribution is 0.0949. The van der Waals surface area contributed by atoms with Crippen molar-refractivity contribution in [1.82, 2.24) is 20.3 Å². The minimum absolute atomic E-state index is 0.0265. The van der Waals surface area contributed by atoms with Crippen LogP contribution >= 0.6 is 0 Å². The average Bonchev–Trinajstić information content (AvgIpc) is 2.78.